The fraction of sp³-hybridized carbons (Fsp3) is 0.927. The molecule has 2 atom stereocenters. The topological polar surface area (TPSA) is 111 Å². The number of hydrogen-bond acceptors (Lipinski definition) is 8. The van der Waals surface area contributed by atoms with E-state index in [1.807, 2.05) is 21.1 Å². The Bertz CT molecular complexity index is 1600. The number of allylic oxidation sites excluding steroid dienone is 4. The summed E-state index contributed by atoms with van der Waals surface area (Å²) in [4.78, 5) is 38.2. The fourth-order valence-corrected chi connectivity index (χ4v) is 13.4. The fourth-order valence-electron chi connectivity index (χ4n) is 12.7. The quantitative estimate of drug-likeness (QED) is 0.0195. The van der Waals surface area contributed by atoms with Crippen molar-refractivity contribution in [2.45, 2.75) is 444 Å². The molecule has 0 bridgehead atoms. The van der Waals surface area contributed by atoms with Gasteiger partial charge in [-0.3, -0.25) is 14.2 Å². The summed E-state index contributed by atoms with van der Waals surface area (Å²) < 4.78 is 34.4. The maximum atomic E-state index is 12.9. The van der Waals surface area contributed by atoms with Gasteiger partial charge in [0.1, 0.15) is 19.8 Å². The molecule has 2 unspecified atom stereocenters. The van der Waals surface area contributed by atoms with Gasteiger partial charge < -0.3 is 27.9 Å². The number of likely N-dealkylation sites (N-methyl/N-ethyl adjacent to an activating group) is 1. The van der Waals surface area contributed by atoms with Gasteiger partial charge in [-0.2, -0.15) is 0 Å². The molecule has 0 aliphatic rings. The van der Waals surface area contributed by atoms with Crippen molar-refractivity contribution in [3.63, 3.8) is 0 Å². The van der Waals surface area contributed by atoms with Gasteiger partial charge in [0.25, 0.3) is 7.82 Å². The minimum absolute atomic E-state index is 0.0266. The summed E-state index contributed by atoms with van der Waals surface area (Å²) in [5, 5.41) is 0. The highest BCUT2D eigenvalue weighted by Crippen LogP contribution is 2.38. The first kappa shape index (κ1) is 90.5. The zero-order chi connectivity index (χ0) is 66.9. The Morgan fingerprint density at radius 2 is 0.554 bits per heavy atom. The number of phosphoric acid groups is 1. The second-order valence-electron chi connectivity index (χ2n) is 29.5. The van der Waals surface area contributed by atoms with Crippen LogP contribution in [0.25, 0.3) is 0 Å². The molecule has 546 valence electrons. The second-order valence-corrected chi connectivity index (χ2v) is 30.9. The van der Waals surface area contributed by atoms with Gasteiger partial charge in [0, 0.05) is 12.8 Å². The SMILES string of the molecule is CCCCCCCCCC/C=C\CCCCCCCCCCCCCCCCCCCCCCCCCCCCCCCC(=O)OC(COC(=O)CCCCCCCCCCCCCCCCC/C=C\CCCCCCCCCC)COP(=O)([O-])OCC[N+](C)(C)C. The van der Waals surface area contributed by atoms with Gasteiger partial charge in [-0.1, -0.05) is 385 Å². The van der Waals surface area contributed by atoms with E-state index in [0.29, 0.717) is 17.4 Å². The normalized spacial score (nSPS) is 13.1. The lowest BCUT2D eigenvalue weighted by atomic mass is 10.0. The van der Waals surface area contributed by atoms with Crippen LogP contribution < -0.4 is 4.89 Å². The number of carbonyl (C=O) groups is 2. The number of esters is 2. The molecule has 0 heterocycles. The van der Waals surface area contributed by atoms with Gasteiger partial charge in [0.05, 0.1) is 27.7 Å². The lowest BCUT2D eigenvalue weighted by Gasteiger charge is -2.28. The molecule has 0 fully saturated rings. The molecule has 0 aliphatic heterocycles. The van der Waals surface area contributed by atoms with E-state index in [4.69, 9.17) is 18.5 Å². The minimum atomic E-state index is -4.64. The molecule has 92 heavy (non-hydrogen) atoms. The summed E-state index contributed by atoms with van der Waals surface area (Å²) in [7, 11) is 1.19. The van der Waals surface area contributed by atoms with Crippen molar-refractivity contribution in [2.24, 2.45) is 0 Å². The number of quaternary nitrogens is 1. The number of unbranched alkanes of at least 4 members (excludes halogenated alkanes) is 60. The molecule has 9 nitrogen and oxygen atoms in total. The number of hydrogen-bond donors (Lipinski definition) is 0. The monoisotopic (exact) mass is 1320 g/mol. The predicted molar refractivity (Wildman–Crippen MR) is 398 cm³/mol. The Morgan fingerprint density at radius 1 is 0.326 bits per heavy atom. The van der Waals surface area contributed by atoms with Crippen molar-refractivity contribution in [3.8, 4) is 0 Å². The molecular formula is C82H160NO8P. The van der Waals surface area contributed by atoms with Crippen LogP contribution in [0.2, 0.25) is 0 Å². The lowest BCUT2D eigenvalue weighted by Crippen LogP contribution is -2.37. The summed E-state index contributed by atoms with van der Waals surface area (Å²) in [6, 6.07) is 0. The summed E-state index contributed by atoms with van der Waals surface area (Å²) in [5.41, 5.74) is 0. The van der Waals surface area contributed by atoms with Crippen LogP contribution in [0.5, 0.6) is 0 Å². The van der Waals surface area contributed by atoms with Crippen molar-refractivity contribution in [1.82, 2.24) is 0 Å². The van der Waals surface area contributed by atoms with Crippen molar-refractivity contribution in [2.75, 3.05) is 47.5 Å². The van der Waals surface area contributed by atoms with Crippen molar-refractivity contribution < 1.29 is 42.1 Å². The Kier molecular flexibility index (Phi) is 72.5. The molecule has 0 N–H and O–H groups in total. The first-order chi connectivity index (χ1) is 45.0. The minimum Gasteiger partial charge on any atom is -0.756 e. The summed E-state index contributed by atoms with van der Waals surface area (Å²) in [6.07, 6.45) is 94.7. The van der Waals surface area contributed by atoms with Gasteiger partial charge in [-0.25, -0.2) is 0 Å². The third kappa shape index (κ3) is 77.5. The van der Waals surface area contributed by atoms with Crippen LogP contribution in [0.15, 0.2) is 24.3 Å². The molecule has 0 saturated carbocycles. The maximum Gasteiger partial charge on any atom is 0.306 e. The number of ether oxygens (including phenoxy) is 2. The highest BCUT2D eigenvalue weighted by Gasteiger charge is 2.22. The molecule has 0 radical (unpaired) electrons. The summed E-state index contributed by atoms with van der Waals surface area (Å²) in [5.74, 6) is -0.806. The van der Waals surface area contributed by atoms with Crippen LogP contribution in [0, 0.1) is 0 Å². The van der Waals surface area contributed by atoms with E-state index in [0.717, 1.165) is 32.1 Å². The van der Waals surface area contributed by atoms with Crippen molar-refractivity contribution >= 4 is 19.8 Å². The molecule has 0 aliphatic carbocycles. The third-order valence-electron chi connectivity index (χ3n) is 18.9. The van der Waals surface area contributed by atoms with Crippen molar-refractivity contribution in [1.29, 1.82) is 0 Å². The molecule has 0 aromatic heterocycles. The van der Waals surface area contributed by atoms with Crippen LogP contribution >= 0.6 is 7.82 Å². The van der Waals surface area contributed by atoms with Crippen LogP contribution in [0.1, 0.15) is 438 Å². The van der Waals surface area contributed by atoms with E-state index in [-0.39, 0.29) is 32.0 Å². The highest BCUT2D eigenvalue weighted by atomic mass is 31.2. The largest absolute Gasteiger partial charge is 0.756 e. The van der Waals surface area contributed by atoms with Gasteiger partial charge in [0.2, 0.25) is 0 Å². The molecule has 0 rings (SSSR count). The average molecular weight is 1320 g/mol. The Balaban J connectivity index is 3.86. The Morgan fingerprint density at radius 3 is 0.804 bits per heavy atom. The van der Waals surface area contributed by atoms with Gasteiger partial charge in [0.15, 0.2) is 6.10 Å². The number of phosphoric ester groups is 1. The van der Waals surface area contributed by atoms with E-state index in [2.05, 4.69) is 38.2 Å². The average Bonchev–Trinajstić information content (AvgIpc) is 2.23. The Hall–Kier alpha value is -1.51. The molecule has 0 amide bonds. The van der Waals surface area contributed by atoms with E-state index >= 15 is 0 Å². The molecule has 0 saturated heterocycles. The first-order valence-corrected chi connectivity index (χ1v) is 42.5. The molecule has 0 spiro atoms. The molecule has 10 heteroatoms. The van der Waals surface area contributed by atoms with Crippen molar-refractivity contribution in [3.05, 3.63) is 24.3 Å². The van der Waals surface area contributed by atoms with Gasteiger partial charge >= 0.3 is 11.9 Å². The zero-order valence-corrected chi connectivity index (χ0v) is 63.4. The second kappa shape index (κ2) is 73.7. The van der Waals surface area contributed by atoms with Crippen LogP contribution in [-0.4, -0.2) is 70.0 Å². The van der Waals surface area contributed by atoms with Crippen LogP contribution in [0.4, 0.5) is 0 Å². The van der Waals surface area contributed by atoms with E-state index in [1.54, 1.807) is 0 Å². The third-order valence-corrected chi connectivity index (χ3v) is 19.9. The smallest absolute Gasteiger partial charge is 0.306 e. The number of nitrogens with zero attached hydrogens (tertiary/aromatic N) is 1. The van der Waals surface area contributed by atoms with Crippen LogP contribution in [0.3, 0.4) is 0 Å². The molecular weight excluding hydrogens is 1160 g/mol. The van der Waals surface area contributed by atoms with E-state index in [9.17, 15) is 19.0 Å². The van der Waals surface area contributed by atoms with Gasteiger partial charge in [-0.15, -0.1) is 0 Å². The molecule has 0 aromatic carbocycles. The van der Waals surface area contributed by atoms with Gasteiger partial charge in [-0.05, 0) is 64.2 Å². The number of rotatable bonds is 78. The lowest BCUT2D eigenvalue weighted by molar-refractivity contribution is -0.870. The standard InChI is InChI=1S/C82H160NO8P/c1-6-8-10-12-14-16-18-20-22-24-26-28-30-32-34-35-36-37-38-39-40-41-42-43-44-45-46-47-49-51-53-55-57-59-61-63-65-67-69-71-73-75-82(85)91-80(79-90-92(86,87)89-77-76-83(3,4)5)78-88-81(84)74-72-70-68-66-64-62-60-58-56-54-52-50-48-33-31-29-27-25-23-21-19-17-15-13-11-9-7-2/h24-27,80H,6-23,28-79H2,1-5H3/b26-24-,27-25-. The van der Waals surface area contributed by atoms with E-state index in [1.165, 1.54) is 372 Å². The maximum absolute atomic E-state index is 12.9. The summed E-state index contributed by atoms with van der Waals surface area (Å²) in [6.45, 7) is 4.33. The Labute approximate surface area is 574 Å². The molecule has 0 aromatic rings. The highest BCUT2D eigenvalue weighted by molar-refractivity contribution is 7.45. The zero-order valence-electron chi connectivity index (χ0n) is 62.5. The van der Waals surface area contributed by atoms with Crippen LogP contribution in [-0.2, 0) is 32.7 Å². The van der Waals surface area contributed by atoms with E-state index < -0.39 is 26.5 Å². The first-order valence-electron chi connectivity index (χ1n) is 41.0. The number of carbonyl (C=O) groups excluding carboxylic acids is 2. The summed E-state index contributed by atoms with van der Waals surface area (Å²) >= 11 is 0. The predicted octanol–water partition coefficient (Wildman–Crippen LogP) is 26.5.